The van der Waals surface area contributed by atoms with Crippen LogP contribution in [0.5, 0.6) is 0 Å². The van der Waals surface area contributed by atoms with Gasteiger partial charge in [-0.25, -0.2) is 9.13 Å². The van der Waals surface area contributed by atoms with Crippen molar-refractivity contribution in [3.8, 4) is 0 Å². The minimum Gasteiger partial charge on any atom is -0.267 e. The summed E-state index contributed by atoms with van der Waals surface area (Å²) >= 11 is 15.3. The van der Waals surface area contributed by atoms with Gasteiger partial charge >= 0.3 is 7.91 Å². The molecule has 0 heterocycles. The number of hydrogen-bond donors (Lipinski definition) is 0. The average molecular weight is 211 g/mol. The molecule has 0 aliphatic heterocycles. The van der Waals surface area contributed by atoms with Gasteiger partial charge in [-0.3, -0.25) is 4.52 Å². The lowest BCUT2D eigenvalue weighted by Crippen LogP contribution is -2.08. The Hall–Kier alpha value is 0.730. The Kier molecular flexibility index (Phi) is 4.10. The summed E-state index contributed by atoms with van der Waals surface area (Å²) in [5.41, 5.74) is 0. The molecule has 0 aliphatic rings. The third-order valence-corrected chi connectivity index (χ3v) is 1.00. The van der Waals surface area contributed by atoms with Crippen molar-refractivity contribution in [2.45, 2.75) is 3.79 Å². The van der Waals surface area contributed by atoms with Crippen LogP contribution in [0.15, 0.2) is 0 Å². The number of hydrogen-bond acceptors (Lipinski definition) is 3. The molecule has 54 valence electrons. The van der Waals surface area contributed by atoms with Crippen molar-refractivity contribution in [2.75, 3.05) is 6.61 Å². The summed E-state index contributed by atoms with van der Waals surface area (Å²) in [7, 11) is -2.92. The normalized spacial score (nSPS) is 11.4. The van der Waals surface area contributed by atoms with Crippen molar-refractivity contribution in [1.82, 2.24) is 0 Å². The van der Waals surface area contributed by atoms with Crippen LogP contribution in [0, 0.1) is 0 Å². The van der Waals surface area contributed by atoms with Crippen molar-refractivity contribution in [1.29, 1.82) is 0 Å². The third-order valence-electron chi connectivity index (χ3n) is 0.334. The first kappa shape index (κ1) is 9.73. The molecule has 0 spiro atoms. The summed E-state index contributed by atoms with van der Waals surface area (Å²) in [6.45, 7) is -0.448. The van der Waals surface area contributed by atoms with Crippen molar-refractivity contribution in [3.05, 3.63) is 0 Å². The zero-order valence-corrected chi connectivity index (χ0v) is 7.18. The Labute approximate surface area is 67.1 Å². The summed E-state index contributed by atoms with van der Waals surface area (Å²) in [6, 6.07) is 0. The Morgan fingerprint density at radius 1 is 1.33 bits per heavy atom. The van der Waals surface area contributed by atoms with Gasteiger partial charge in [0.25, 0.3) is 0 Å². The smallest absolute Gasteiger partial charge is 0.267 e. The van der Waals surface area contributed by atoms with Crippen LogP contribution in [0.4, 0.5) is 0 Å². The highest BCUT2D eigenvalue weighted by atomic mass is 35.6. The van der Waals surface area contributed by atoms with Crippen LogP contribution in [0.1, 0.15) is 0 Å². The van der Waals surface area contributed by atoms with Crippen molar-refractivity contribution < 1.29 is 13.7 Å². The predicted molar refractivity (Wildman–Crippen MR) is 34.5 cm³/mol. The molecule has 0 bridgehead atoms. The highest BCUT2D eigenvalue weighted by Gasteiger charge is 2.20. The number of halogens is 3. The van der Waals surface area contributed by atoms with E-state index in [0.29, 0.717) is 0 Å². The van der Waals surface area contributed by atoms with Gasteiger partial charge in [0.1, 0.15) is 6.61 Å². The Morgan fingerprint density at radius 2 is 1.78 bits per heavy atom. The Morgan fingerprint density at radius 3 is 1.89 bits per heavy atom. The minimum atomic E-state index is -2.92. The van der Waals surface area contributed by atoms with Gasteiger partial charge in [0.15, 0.2) is 0 Å². The first-order valence-electron chi connectivity index (χ1n) is 1.76. The maximum absolute atomic E-state index is 9.68. The van der Waals surface area contributed by atoms with Gasteiger partial charge in [-0.05, 0) is 0 Å². The number of alkyl halides is 3. The molecule has 7 heteroatoms. The second-order valence-corrected chi connectivity index (χ2v) is 4.33. The molecule has 0 atom stereocenters. The summed E-state index contributed by atoms with van der Waals surface area (Å²) in [4.78, 5) is 0. The first-order valence-corrected chi connectivity index (χ1v) is 3.99. The Balaban J connectivity index is 3.52. The van der Waals surface area contributed by atoms with E-state index in [-0.39, 0.29) is 0 Å². The molecule has 0 fully saturated rings. The van der Waals surface area contributed by atoms with Gasteiger partial charge < -0.3 is 0 Å². The predicted octanol–water partition coefficient (Wildman–Crippen LogP) is 2.46. The molecule has 0 aromatic rings. The third kappa shape index (κ3) is 8.73. The fourth-order valence-corrected chi connectivity index (χ4v) is 0.817. The first-order chi connectivity index (χ1) is 3.92. The molecule has 0 aromatic carbocycles. The molecule has 0 radical (unpaired) electrons. The lowest BCUT2D eigenvalue weighted by Gasteiger charge is -2.04. The van der Waals surface area contributed by atoms with Gasteiger partial charge in [0.2, 0.25) is 3.79 Å². The van der Waals surface area contributed by atoms with Crippen LogP contribution in [-0.2, 0) is 13.7 Å². The zero-order valence-electron chi connectivity index (χ0n) is 4.01. The monoisotopic (exact) mass is 210 g/mol. The molecule has 9 heavy (non-hydrogen) atoms. The maximum atomic E-state index is 9.68. The van der Waals surface area contributed by atoms with E-state index in [4.69, 9.17) is 34.8 Å². The van der Waals surface area contributed by atoms with Gasteiger partial charge in [-0.1, -0.05) is 34.8 Å². The van der Waals surface area contributed by atoms with Crippen LogP contribution in [0.3, 0.4) is 0 Å². The SMILES string of the molecule is O=P(=O)OCC(Cl)(Cl)Cl. The quantitative estimate of drug-likeness (QED) is 0.520. The van der Waals surface area contributed by atoms with Crippen molar-refractivity contribution in [3.63, 3.8) is 0 Å². The van der Waals surface area contributed by atoms with Gasteiger partial charge in [0.05, 0.1) is 0 Å². The standard InChI is InChI=1S/C2H2Cl3O3P/c3-2(4,5)1-8-9(6)7/h1H2. The van der Waals surface area contributed by atoms with Crippen LogP contribution < -0.4 is 0 Å². The van der Waals surface area contributed by atoms with Crippen molar-refractivity contribution >= 4 is 42.7 Å². The average Bonchev–Trinajstić information content (AvgIpc) is 1.59. The summed E-state index contributed by atoms with van der Waals surface area (Å²) in [6.07, 6.45) is 0. The lowest BCUT2D eigenvalue weighted by atomic mass is 10.9. The highest BCUT2D eigenvalue weighted by molar-refractivity contribution is 7.24. The van der Waals surface area contributed by atoms with E-state index in [0.717, 1.165) is 0 Å². The van der Waals surface area contributed by atoms with Crippen LogP contribution in [0.2, 0.25) is 0 Å². The summed E-state index contributed by atoms with van der Waals surface area (Å²) < 4.78 is 21.7. The molecule has 0 aliphatic carbocycles. The second-order valence-electron chi connectivity index (χ2n) is 1.11. The maximum Gasteiger partial charge on any atom is 0.468 e. The molecule has 0 unspecified atom stereocenters. The van der Waals surface area contributed by atoms with E-state index in [1.54, 1.807) is 0 Å². The van der Waals surface area contributed by atoms with Gasteiger partial charge in [0, 0.05) is 0 Å². The number of rotatable bonds is 2. The lowest BCUT2D eigenvalue weighted by molar-refractivity contribution is 0.311. The fourth-order valence-electron chi connectivity index (χ4n) is 0.126. The van der Waals surface area contributed by atoms with Crippen molar-refractivity contribution in [2.24, 2.45) is 0 Å². The largest absolute Gasteiger partial charge is 0.468 e. The van der Waals surface area contributed by atoms with E-state index < -0.39 is 18.3 Å². The van der Waals surface area contributed by atoms with Crippen LogP contribution >= 0.6 is 42.7 Å². The fraction of sp³-hybridized carbons (Fsp3) is 1.00. The van der Waals surface area contributed by atoms with E-state index in [1.807, 2.05) is 0 Å². The molecule has 0 N–H and O–H groups in total. The molecular formula is C2H2Cl3O3P. The molecule has 3 nitrogen and oxygen atoms in total. The zero-order chi connectivity index (χ0) is 7.49. The summed E-state index contributed by atoms with van der Waals surface area (Å²) in [5.74, 6) is 0. The molecule has 0 amide bonds. The van der Waals surface area contributed by atoms with Crippen LogP contribution in [-0.4, -0.2) is 10.4 Å². The molecule has 0 saturated carbocycles. The molecule has 0 aromatic heterocycles. The van der Waals surface area contributed by atoms with E-state index in [2.05, 4.69) is 4.52 Å². The second kappa shape index (κ2) is 3.79. The van der Waals surface area contributed by atoms with Gasteiger partial charge in [-0.15, -0.1) is 0 Å². The molecular weight excluding hydrogens is 209 g/mol. The molecule has 0 rings (SSSR count). The van der Waals surface area contributed by atoms with E-state index >= 15 is 0 Å². The topological polar surface area (TPSA) is 43.4 Å². The minimum absolute atomic E-state index is 0.448. The van der Waals surface area contributed by atoms with E-state index in [9.17, 15) is 9.13 Å². The summed E-state index contributed by atoms with van der Waals surface area (Å²) in [5, 5.41) is 0. The highest BCUT2D eigenvalue weighted by Crippen LogP contribution is 2.28. The van der Waals surface area contributed by atoms with Gasteiger partial charge in [-0.2, -0.15) is 0 Å². The molecule has 0 saturated heterocycles. The Bertz CT molecular complexity index is 140. The van der Waals surface area contributed by atoms with E-state index in [1.165, 1.54) is 0 Å². The van der Waals surface area contributed by atoms with Crippen LogP contribution in [0.25, 0.3) is 0 Å².